The molecule has 0 bridgehead atoms. The van der Waals surface area contributed by atoms with Gasteiger partial charge in [-0.3, -0.25) is 4.79 Å². The number of rotatable bonds is 5. The Morgan fingerprint density at radius 3 is 2.77 bits per heavy atom. The smallest absolute Gasteiger partial charge is 0.359 e. The SMILES string of the molecule is O=C(COC(=O)c1nc(Cl)ccc1Cl)NC[C@H]1COc2ccccc2O1. The lowest BCUT2D eigenvalue weighted by Gasteiger charge is -2.26. The number of carbonyl (C=O) groups is 2. The molecular weight excluding hydrogens is 383 g/mol. The van der Waals surface area contributed by atoms with Gasteiger partial charge in [0.25, 0.3) is 5.91 Å². The lowest BCUT2D eigenvalue weighted by Crippen LogP contribution is -2.42. The van der Waals surface area contributed by atoms with Crippen molar-refractivity contribution in [3.8, 4) is 11.5 Å². The third-order valence-electron chi connectivity index (χ3n) is 3.43. The van der Waals surface area contributed by atoms with E-state index in [2.05, 4.69) is 10.3 Å². The molecule has 1 N–H and O–H groups in total. The van der Waals surface area contributed by atoms with E-state index in [9.17, 15) is 9.59 Å². The van der Waals surface area contributed by atoms with Crippen molar-refractivity contribution in [3.05, 3.63) is 52.3 Å². The van der Waals surface area contributed by atoms with Crippen LogP contribution in [-0.4, -0.2) is 42.7 Å². The monoisotopic (exact) mass is 396 g/mol. The van der Waals surface area contributed by atoms with Crippen LogP contribution in [0.25, 0.3) is 0 Å². The zero-order valence-corrected chi connectivity index (χ0v) is 14.9. The highest BCUT2D eigenvalue weighted by atomic mass is 35.5. The fraction of sp³-hybridized carbons (Fsp3) is 0.235. The van der Waals surface area contributed by atoms with Gasteiger partial charge in [-0.15, -0.1) is 0 Å². The lowest BCUT2D eigenvalue weighted by molar-refractivity contribution is -0.124. The number of nitrogens with zero attached hydrogens (tertiary/aromatic N) is 1. The standard InChI is InChI=1S/C17H14Cl2N2O5/c18-11-5-6-14(19)21-16(11)17(23)25-9-15(22)20-7-10-8-24-12-3-1-2-4-13(12)26-10/h1-6,10H,7-9H2,(H,20,22)/t10-/m0/s1. The number of halogens is 2. The molecule has 0 unspecified atom stereocenters. The molecule has 1 aliphatic rings. The van der Waals surface area contributed by atoms with Gasteiger partial charge in [0, 0.05) is 0 Å². The van der Waals surface area contributed by atoms with Gasteiger partial charge in [0.05, 0.1) is 11.6 Å². The van der Waals surface area contributed by atoms with Crippen LogP contribution in [0.1, 0.15) is 10.5 Å². The summed E-state index contributed by atoms with van der Waals surface area (Å²) in [6.07, 6.45) is -0.339. The Morgan fingerprint density at radius 2 is 1.96 bits per heavy atom. The van der Waals surface area contributed by atoms with E-state index < -0.39 is 18.5 Å². The van der Waals surface area contributed by atoms with Crippen molar-refractivity contribution < 1.29 is 23.8 Å². The first-order chi connectivity index (χ1) is 12.5. The van der Waals surface area contributed by atoms with Crippen molar-refractivity contribution in [1.82, 2.24) is 10.3 Å². The van der Waals surface area contributed by atoms with Crippen LogP contribution in [-0.2, 0) is 9.53 Å². The van der Waals surface area contributed by atoms with Gasteiger partial charge in [-0.05, 0) is 24.3 Å². The van der Waals surface area contributed by atoms with Crippen molar-refractivity contribution in [2.24, 2.45) is 0 Å². The van der Waals surface area contributed by atoms with Gasteiger partial charge in [0.1, 0.15) is 17.9 Å². The molecule has 0 saturated heterocycles. The first-order valence-electron chi connectivity index (χ1n) is 7.67. The first-order valence-corrected chi connectivity index (χ1v) is 8.43. The normalized spacial score (nSPS) is 15.2. The molecule has 1 amide bonds. The largest absolute Gasteiger partial charge is 0.486 e. The fourth-order valence-corrected chi connectivity index (χ4v) is 2.53. The molecule has 2 heterocycles. The highest BCUT2D eigenvalue weighted by molar-refractivity contribution is 6.34. The zero-order valence-electron chi connectivity index (χ0n) is 13.4. The number of esters is 1. The van der Waals surface area contributed by atoms with Crippen LogP contribution in [0.15, 0.2) is 36.4 Å². The van der Waals surface area contributed by atoms with Crippen LogP contribution in [0, 0.1) is 0 Å². The van der Waals surface area contributed by atoms with Crippen molar-refractivity contribution in [1.29, 1.82) is 0 Å². The van der Waals surface area contributed by atoms with Crippen molar-refractivity contribution in [2.45, 2.75) is 6.10 Å². The molecule has 0 fully saturated rings. The molecule has 26 heavy (non-hydrogen) atoms. The minimum atomic E-state index is -0.834. The molecule has 1 aromatic heterocycles. The van der Waals surface area contributed by atoms with E-state index in [1.807, 2.05) is 12.1 Å². The predicted octanol–water partition coefficient (Wildman–Crippen LogP) is 2.50. The number of ether oxygens (including phenoxy) is 3. The Balaban J connectivity index is 1.45. The molecule has 0 saturated carbocycles. The summed E-state index contributed by atoms with van der Waals surface area (Å²) in [5.41, 5.74) is -0.146. The van der Waals surface area contributed by atoms with Gasteiger partial charge >= 0.3 is 5.97 Å². The van der Waals surface area contributed by atoms with E-state index in [0.29, 0.717) is 18.1 Å². The maximum Gasteiger partial charge on any atom is 0.359 e. The van der Waals surface area contributed by atoms with Gasteiger partial charge in [-0.25, -0.2) is 9.78 Å². The van der Waals surface area contributed by atoms with Gasteiger partial charge in [0.2, 0.25) is 0 Å². The van der Waals surface area contributed by atoms with Crippen LogP contribution in [0.4, 0.5) is 0 Å². The van der Waals surface area contributed by atoms with Crippen LogP contribution in [0.5, 0.6) is 11.5 Å². The molecule has 1 aromatic carbocycles. The number of pyridine rings is 1. The predicted molar refractivity (Wildman–Crippen MR) is 93.9 cm³/mol. The fourth-order valence-electron chi connectivity index (χ4n) is 2.20. The second kappa shape index (κ2) is 8.25. The number of para-hydroxylation sites is 2. The number of hydrogen-bond donors (Lipinski definition) is 1. The van der Waals surface area contributed by atoms with Crippen LogP contribution < -0.4 is 14.8 Å². The molecule has 0 aliphatic carbocycles. The molecule has 0 spiro atoms. The van der Waals surface area contributed by atoms with E-state index in [-0.39, 0.29) is 28.5 Å². The lowest BCUT2D eigenvalue weighted by atomic mass is 10.2. The van der Waals surface area contributed by atoms with Crippen molar-refractivity contribution >= 4 is 35.1 Å². The van der Waals surface area contributed by atoms with Crippen molar-refractivity contribution in [3.63, 3.8) is 0 Å². The topological polar surface area (TPSA) is 86.8 Å². The Bertz CT molecular complexity index is 831. The number of carbonyl (C=O) groups excluding carboxylic acids is 2. The maximum atomic E-state index is 11.9. The Kier molecular flexibility index (Phi) is 5.80. The van der Waals surface area contributed by atoms with Crippen molar-refractivity contribution in [2.75, 3.05) is 19.8 Å². The minimum Gasteiger partial charge on any atom is -0.486 e. The van der Waals surface area contributed by atoms with E-state index >= 15 is 0 Å². The molecular formula is C17H14Cl2N2O5. The summed E-state index contributed by atoms with van der Waals surface area (Å²) in [5, 5.41) is 2.80. The van der Waals surface area contributed by atoms with Gasteiger partial charge < -0.3 is 19.5 Å². The molecule has 2 aromatic rings. The Labute approximate surface area is 159 Å². The number of benzene rings is 1. The molecule has 9 heteroatoms. The summed E-state index contributed by atoms with van der Waals surface area (Å²) < 4.78 is 16.2. The first kappa shape index (κ1) is 18.3. The van der Waals surface area contributed by atoms with Crippen LogP contribution in [0.3, 0.4) is 0 Å². The Morgan fingerprint density at radius 1 is 1.19 bits per heavy atom. The van der Waals surface area contributed by atoms with E-state index in [4.69, 9.17) is 37.4 Å². The summed E-state index contributed by atoms with van der Waals surface area (Å²) in [7, 11) is 0. The summed E-state index contributed by atoms with van der Waals surface area (Å²) in [6, 6.07) is 10.1. The number of fused-ring (bicyclic) bond motifs is 1. The molecule has 3 rings (SSSR count). The second-order valence-electron chi connectivity index (χ2n) is 5.34. The minimum absolute atomic E-state index is 0.0891. The number of amides is 1. The maximum absolute atomic E-state index is 11.9. The number of hydrogen-bond acceptors (Lipinski definition) is 6. The quantitative estimate of drug-likeness (QED) is 0.617. The van der Waals surface area contributed by atoms with E-state index in [1.54, 1.807) is 12.1 Å². The average Bonchev–Trinajstić information content (AvgIpc) is 2.66. The highest BCUT2D eigenvalue weighted by Crippen LogP contribution is 2.30. The Hall–Kier alpha value is -2.51. The summed E-state index contributed by atoms with van der Waals surface area (Å²) in [6.45, 7) is 0.0353. The zero-order chi connectivity index (χ0) is 18.5. The van der Waals surface area contributed by atoms with Gasteiger partial charge in [-0.2, -0.15) is 0 Å². The molecule has 7 nitrogen and oxygen atoms in total. The van der Waals surface area contributed by atoms with Crippen LogP contribution >= 0.6 is 23.2 Å². The molecule has 1 atom stereocenters. The van der Waals surface area contributed by atoms with Crippen LogP contribution in [0.2, 0.25) is 10.2 Å². The average molecular weight is 397 g/mol. The second-order valence-corrected chi connectivity index (χ2v) is 6.14. The molecule has 1 aliphatic heterocycles. The summed E-state index contributed by atoms with van der Waals surface area (Å²) >= 11 is 11.6. The van der Waals surface area contributed by atoms with Gasteiger partial charge in [0.15, 0.2) is 23.8 Å². The number of nitrogens with one attached hydrogen (secondary N) is 1. The molecule has 0 radical (unpaired) electrons. The van der Waals surface area contributed by atoms with Gasteiger partial charge in [-0.1, -0.05) is 35.3 Å². The van der Waals surface area contributed by atoms with E-state index in [1.165, 1.54) is 12.1 Å². The summed E-state index contributed by atoms with van der Waals surface area (Å²) in [5.74, 6) is -0.0428. The number of aromatic nitrogens is 1. The highest BCUT2D eigenvalue weighted by Gasteiger charge is 2.21. The molecule has 136 valence electrons. The van der Waals surface area contributed by atoms with E-state index in [0.717, 1.165) is 0 Å². The third kappa shape index (κ3) is 4.56. The summed E-state index contributed by atoms with van der Waals surface area (Å²) in [4.78, 5) is 27.5. The third-order valence-corrected chi connectivity index (χ3v) is 3.95.